The molecule has 0 aromatic heterocycles. The molecule has 4 nitrogen and oxygen atoms in total. The number of hydrogen-bond acceptors (Lipinski definition) is 3. The van der Waals surface area contributed by atoms with Gasteiger partial charge >= 0.3 is 0 Å². The van der Waals surface area contributed by atoms with Crippen LogP contribution in [-0.4, -0.2) is 42.4 Å². The van der Waals surface area contributed by atoms with E-state index in [9.17, 15) is 9.59 Å². The fourth-order valence-corrected chi connectivity index (χ4v) is 1.43. The standard InChI is InChI=1S/C10H17NO3/c1-10(2,14-3)9(13)11-6-4-8(12)5-7-11/h4-7H2,1-3H3. The molecule has 14 heavy (non-hydrogen) atoms. The van der Waals surface area contributed by atoms with Crippen LogP contribution in [0.3, 0.4) is 0 Å². The number of carbonyl (C=O) groups excluding carboxylic acids is 2. The molecule has 0 aliphatic carbocycles. The summed E-state index contributed by atoms with van der Waals surface area (Å²) in [5, 5.41) is 0. The average Bonchev–Trinajstić information content (AvgIpc) is 2.18. The Hall–Kier alpha value is -0.900. The quantitative estimate of drug-likeness (QED) is 0.654. The van der Waals surface area contributed by atoms with E-state index in [2.05, 4.69) is 0 Å². The van der Waals surface area contributed by atoms with Crippen LogP contribution in [0.2, 0.25) is 0 Å². The Bertz CT molecular complexity index is 238. The van der Waals surface area contributed by atoms with Crippen molar-refractivity contribution < 1.29 is 14.3 Å². The van der Waals surface area contributed by atoms with Crippen LogP contribution in [0.4, 0.5) is 0 Å². The zero-order chi connectivity index (χ0) is 10.8. The van der Waals surface area contributed by atoms with Gasteiger partial charge in [-0.15, -0.1) is 0 Å². The highest BCUT2D eigenvalue weighted by molar-refractivity contribution is 5.87. The minimum absolute atomic E-state index is 0.0347. The van der Waals surface area contributed by atoms with E-state index in [1.165, 1.54) is 7.11 Å². The molecule has 0 spiro atoms. The molecule has 0 aromatic rings. The van der Waals surface area contributed by atoms with Crippen molar-refractivity contribution >= 4 is 11.7 Å². The van der Waals surface area contributed by atoms with Gasteiger partial charge in [0.1, 0.15) is 11.4 Å². The Kier molecular flexibility index (Phi) is 3.26. The molecule has 1 saturated heterocycles. The normalized spacial score (nSPS) is 18.5. The molecule has 1 fully saturated rings. The van der Waals surface area contributed by atoms with Gasteiger partial charge in [-0.3, -0.25) is 9.59 Å². The molecule has 0 bridgehead atoms. The average molecular weight is 199 g/mol. The summed E-state index contributed by atoms with van der Waals surface area (Å²) in [4.78, 5) is 24.5. The Balaban J connectivity index is 2.58. The Morgan fingerprint density at radius 2 is 1.86 bits per heavy atom. The lowest BCUT2D eigenvalue weighted by atomic mass is 10.0. The molecule has 1 heterocycles. The van der Waals surface area contributed by atoms with E-state index in [-0.39, 0.29) is 11.7 Å². The zero-order valence-electron chi connectivity index (χ0n) is 9.00. The molecule has 1 aliphatic rings. The molecular formula is C10H17NO3. The fourth-order valence-electron chi connectivity index (χ4n) is 1.43. The minimum Gasteiger partial charge on any atom is -0.369 e. The monoisotopic (exact) mass is 199 g/mol. The van der Waals surface area contributed by atoms with Crippen molar-refractivity contribution in [1.29, 1.82) is 0 Å². The molecular weight excluding hydrogens is 182 g/mol. The number of carbonyl (C=O) groups is 2. The second-order valence-corrected chi connectivity index (χ2v) is 4.05. The summed E-state index contributed by atoms with van der Waals surface area (Å²) < 4.78 is 5.10. The van der Waals surface area contributed by atoms with Crippen molar-refractivity contribution in [3.63, 3.8) is 0 Å². The first-order valence-corrected chi connectivity index (χ1v) is 4.83. The molecule has 1 amide bonds. The third kappa shape index (κ3) is 2.32. The van der Waals surface area contributed by atoms with Crippen LogP contribution >= 0.6 is 0 Å². The SMILES string of the molecule is COC(C)(C)C(=O)N1CCC(=O)CC1. The largest absolute Gasteiger partial charge is 0.369 e. The summed E-state index contributed by atoms with van der Waals surface area (Å²) in [7, 11) is 1.52. The van der Waals surface area contributed by atoms with Gasteiger partial charge in [-0.05, 0) is 13.8 Å². The van der Waals surface area contributed by atoms with Gasteiger partial charge in [-0.1, -0.05) is 0 Å². The van der Waals surface area contributed by atoms with E-state index < -0.39 is 5.60 Å². The van der Waals surface area contributed by atoms with Gasteiger partial charge in [0.05, 0.1) is 0 Å². The second kappa shape index (κ2) is 4.09. The van der Waals surface area contributed by atoms with Crippen LogP contribution in [0.5, 0.6) is 0 Å². The van der Waals surface area contributed by atoms with Gasteiger partial charge < -0.3 is 9.64 Å². The number of hydrogen-bond donors (Lipinski definition) is 0. The van der Waals surface area contributed by atoms with E-state index in [0.717, 1.165) is 0 Å². The minimum atomic E-state index is -0.777. The molecule has 0 N–H and O–H groups in total. The van der Waals surface area contributed by atoms with E-state index in [1.807, 2.05) is 0 Å². The van der Waals surface area contributed by atoms with Crippen LogP contribution in [-0.2, 0) is 14.3 Å². The van der Waals surface area contributed by atoms with Crippen LogP contribution < -0.4 is 0 Å². The molecule has 4 heteroatoms. The number of amides is 1. The molecule has 80 valence electrons. The molecule has 0 unspecified atom stereocenters. The van der Waals surface area contributed by atoms with Crippen molar-refractivity contribution in [2.75, 3.05) is 20.2 Å². The number of ketones is 1. The van der Waals surface area contributed by atoms with Crippen molar-refractivity contribution in [3.05, 3.63) is 0 Å². The van der Waals surface area contributed by atoms with E-state index in [0.29, 0.717) is 25.9 Å². The predicted octanol–water partition coefficient (Wildman–Crippen LogP) is 0.603. The molecule has 1 aliphatic heterocycles. The van der Waals surface area contributed by atoms with Crippen LogP contribution in [0, 0.1) is 0 Å². The zero-order valence-corrected chi connectivity index (χ0v) is 9.00. The second-order valence-electron chi connectivity index (χ2n) is 4.05. The van der Waals surface area contributed by atoms with Gasteiger partial charge in [0, 0.05) is 33.0 Å². The highest BCUT2D eigenvalue weighted by Crippen LogP contribution is 2.15. The topological polar surface area (TPSA) is 46.6 Å². The van der Waals surface area contributed by atoms with E-state index in [4.69, 9.17) is 4.74 Å². The smallest absolute Gasteiger partial charge is 0.254 e. The lowest BCUT2D eigenvalue weighted by Gasteiger charge is -2.32. The Morgan fingerprint density at radius 1 is 1.36 bits per heavy atom. The maximum absolute atomic E-state index is 11.8. The number of likely N-dealkylation sites (tertiary alicyclic amines) is 1. The summed E-state index contributed by atoms with van der Waals surface area (Å²) in [5.41, 5.74) is -0.777. The highest BCUT2D eigenvalue weighted by Gasteiger charge is 2.33. The predicted molar refractivity (Wildman–Crippen MR) is 51.9 cm³/mol. The molecule has 1 rings (SSSR count). The Labute approximate surface area is 84.2 Å². The number of rotatable bonds is 2. The highest BCUT2D eigenvalue weighted by atomic mass is 16.5. The summed E-state index contributed by atoms with van der Waals surface area (Å²) in [6.45, 7) is 4.55. The number of ether oxygens (including phenoxy) is 1. The summed E-state index contributed by atoms with van der Waals surface area (Å²) in [6.07, 6.45) is 0.955. The fraction of sp³-hybridized carbons (Fsp3) is 0.800. The van der Waals surface area contributed by atoms with Crippen LogP contribution in [0.25, 0.3) is 0 Å². The van der Waals surface area contributed by atoms with Crippen molar-refractivity contribution in [1.82, 2.24) is 4.90 Å². The first kappa shape index (κ1) is 11.2. The third-order valence-electron chi connectivity index (χ3n) is 2.63. The lowest BCUT2D eigenvalue weighted by Crippen LogP contribution is -2.49. The number of methoxy groups -OCH3 is 1. The van der Waals surface area contributed by atoms with Crippen molar-refractivity contribution in [2.45, 2.75) is 32.3 Å². The number of nitrogens with zero attached hydrogens (tertiary/aromatic N) is 1. The molecule has 0 saturated carbocycles. The number of piperidine rings is 1. The van der Waals surface area contributed by atoms with Gasteiger partial charge in [-0.25, -0.2) is 0 Å². The molecule has 0 radical (unpaired) electrons. The molecule has 0 aromatic carbocycles. The van der Waals surface area contributed by atoms with Crippen molar-refractivity contribution in [3.8, 4) is 0 Å². The van der Waals surface area contributed by atoms with Crippen LogP contribution in [0.15, 0.2) is 0 Å². The van der Waals surface area contributed by atoms with Crippen LogP contribution in [0.1, 0.15) is 26.7 Å². The van der Waals surface area contributed by atoms with Gasteiger partial charge in [0.2, 0.25) is 0 Å². The first-order valence-electron chi connectivity index (χ1n) is 4.83. The molecule has 0 atom stereocenters. The summed E-state index contributed by atoms with van der Waals surface area (Å²) >= 11 is 0. The van der Waals surface area contributed by atoms with E-state index >= 15 is 0 Å². The lowest BCUT2D eigenvalue weighted by molar-refractivity contribution is -0.152. The third-order valence-corrected chi connectivity index (χ3v) is 2.63. The Morgan fingerprint density at radius 3 is 2.29 bits per heavy atom. The number of Topliss-reactive ketones (excluding diaryl/α,β-unsaturated/α-hetero) is 1. The van der Waals surface area contributed by atoms with Gasteiger partial charge in [-0.2, -0.15) is 0 Å². The van der Waals surface area contributed by atoms with Crippen molar-refractivity contribution in [2.24, 2.45) is 0 Å². The summed E-state index contributed by atoms with van der Waals surface area (Å²) in [5.74, 6) is 0.205. The van der Waals surface area contributed by atoms with E-state index in [1.54, 1.807) is 18.7 Å². The first-order chi connectivity index (χ1) is 6.47. The summed E-state index contributed by atoms with van der Waals surface area (Å²) in [6, 6.07) is 0. The van der Waals surface area contributed by atoms with Gasteiger partial charge in [0.25, 0.3) is 5.91 Å². The maximum atomic E-state index is 11.8. The van der Waals surface area contributed by atoms with Gasteiger partial charge in [0.15, 0.2) is 0 Å². The maximum Gasteiger partial charge on any atom is 0.254 e.